The standard InChI is InChI=1S/C8H11BrOS/c1-8(2,3)10-7-5-11-4-6(7)9/h4-5H,1-3H3. The van der Waals surface area contributed by atoms with Crippen molar-refractivity contribution < 1.29 is 4.74 Å². The lowest BCUT2D eigenvalue weighted by Gasteiger charge is -2.20. The summed E-state index contributed by atoms with van der Waals surface area (Å²) in [5.41, 5.74) is -0.108. The summed E-state index contributed by atoms with van der Waals surface area (Å²) in [7, 11) is 0. The van der Waals surface area contributed by atoms with Crippen LogP contribution in [0.3, 0.4) is 0 Å². The van der Waals surface area contributed by atoms with Gasteiger partial charge in [0.25, 0.3) is 0 Å². The molecule has 0 spiro atoms. The van der Waals surface area contributed by atoms with Gasteiger partial charge in [-0.05, 0) is 36.7 Å². The van der Waals surface area contributed by atoms with Gasteiger partial charge in [-0.2, -0.15) is 0 Å². The Labute approximate surface area is 79.5 Å². The minimum absolute atomic E-state index is 0.108. The summed E-state index contributed by atoms with van der Waals surface area (Å²) in [5.74, 6) is 0.933. The maximum Gasteiger partial charge on any atom is 0.144 e. The monoisotopic (exact) mass is 234 g/mol. The minimum Gasteiger partial charge on any atom is -0.486 e. The van der Waals surface area contributed by atoms with Crippen LogP contribution in [0.2, 0.25) is 0 Å². The summed E-state index contributed by atoms with van der Waals surface area (Å²) in [4.78, 5) is 0. The van der Waals surface area contributed by atoms with Gasteiger partial charge in [0.15, 0.2) is 0 Å². The smallest absolute Gasteiger partial charge is 0.144 e. The molecule has 1 heterocycles. The first-order valence-corrected chi connectivity index (χ1v) is 5.13. The first kappa shape index (κ1) is 9.07. The van der Waals surface area contributed by atoms with E-state index in [1.165, 1.54) is 0 Å². The van der Waals surface area contributed by atoms with Crippen LogP contribution in [0, 0.1) is 0 Å². The highest BCUT2D eigenvalue weighted by atomic mass is 79.9. The van der Waals surface area contributed by atoms with E-state index in [-0.39, 0.29) is 5.60 Å². The molecule has 0 amide bonds. The summed E-state index contributed by atoms with van der Waals surface area (Å²) >= 11 is 5.04. The Morgan fingerprint density at radius 2 is 2.00 bits per heavy atom. The Morgan fingerprint density at radius 3 is 2.36 bits per heavy atom. The second kappa shape index (κ2) is 3.15. The third kappa shape index (κ3) is 2.83. The summed E-state index contributed by atoms with van der Waals surface area (Å²) in [6, 6.07) is 0. The molecule has 0 radical (unpaired) electrons. The van der Waals surface area contributed by atoms with Crippen molar-refractivity contribution in [1.29, 1.82) is 0 Å². The Morgan fingerprint density at radius 1 is 1.36 bits per heavy atom. The van der Waals surface area contributed by atoms with Crippen LogP contribution in [-0.2, 0) is 0 Å². The summed E-state index contributed by atoms with van der Waals surface area (Å²) in [6.45, 7) is 6.12. The molecule has 0 aliphatic heterocycles. The molecular weight excluding hydrogens is 224 g/mol. The first-order chi connectivity index (χ1) is 4.99. The molecule has 0 fully saturated rings. The minimum atomic E-state index is -0.108. The fourth-order valence-corrected chi connectivity index (χ4v) is 1.95. The highest BCUT2D eigenvalue weighted by Crippen LogP contribution is 2.31. The quantitative estimate of drug-likeness (QED) is 0.721. The molecule has 3 heteroatoms. The number of halogens is 1. The van der Waals surface area contributed by atoms with Gasteiger partial charge >= 0.3 is 0 Å². The van der Waals surface area contributed by atoms with E-state index in [2.05, 4.69) is 15.9 Å². The lowest BCUT2D eigenvalue weighted by Crippen LogP contribution is -2.22. The lowest BCUT2D eigenvalue weighted by molar-refractivity contribution is 0.130. The predicted molar refractivity (Wildman–Crippen MR) is 52.4 cm³/mol. The van der Waals surface area contributed by atoms with Gasteiger partial charge in [0.05, 0.1) is 4.47 Å². The fraction of sp³-hybridized carbons (Fsp3) is 0.500. The van der Waals surface area contributed by atoms with Gasteiger partial charge in [0.1, 0.15) is 11.4 Å². The molecule has 0 aliphatic rings. The van der Waals surface area contributed by atoms with Crippen LogP contribution < -0.4 is 4.74 Å². The average molecular weight is 235 g/mol. The molecule has 0 bridgehead atoms. The summed E-state index contributed by atoms with van der Waals surface area (Å²) in [6.07, 6.45) is 0. The van der Waals surface area contributed by atoms with Crippen LogP contribution in [0.15, 0.2) is 15.2 Å². The average Bonchev–Trinajstić information content (AvgIpc) is 2.12. The van der Waals surface area contributed by atoms with Crippen LogP contribution in [-0.4, -0.2) is 5.60 Å². The molecule has 0 aromatic carbocycles. The molecule has 0 atom stereocenters. The zero-order chi connectivity index (χ0) is 8.48. The zero-order valence-electron chi connectivity index (χ0n) is 6.85. The molecule has 0 aliphatic carbocycles. The molecule has 1 nitrogen and oxygen atoms in total. The van der Waals surface area contributed by atoms with Gasteiger partial charge in [-0.15, -0.1) is 11.3 Å². The van der Waals surface area contributed by atoms with Crippen LogP contribution >= 0.6 is 27.3 Å². The van der Waals surface area contributed by atoms with Gasteiger partial charge in [-0.25, -0.2) is 0 Å². The van der Waals surface area contributed by atoms with Crippen LogP contribution in [0.25, 0.3) is 0 Å². The Hall–Kier alpha value is -0.0200. The Kier molecular flexibility index (Phi) is 2.60. The van der Waals surface area contributed by atoms with E-state index in [4.69, 9.17) is 4.74 Å². The molecular formula is C8H11BrOS. The molecule has 62 valence electrons. The molecule has 1 aromatic heterocycles. The van der Waals surface area contributed by atoms with Crippen molar-refractivity contribution in [3.05, 3.63) is 15.2 Å². The SMILES string of the molecule is CC(C)(C)Oc1cscc1Br. The second-order valence-electron chi connectivity index (χ2n) is 3.30. The maximum absolute atomic E-state index is 5.64. The number of ether oxygens (including phenoxy) is 1. The van der Waals surface area contributed by atoms with Crippen molar-refractivity contribution in [2.45, 2.75) is 26.4 Å². The highest BCUT2D eigenvalue weighted by molar-refractivity contribution is 9.10. The van der Waals surface area contributed by atoms with Crippen molar-refractivity contribution in [2.75, 3.05) is 0 Å². The van der Waals surface area contributed by atoms with E-state index < -0.39 is 0 Å². The lowest BCUT2D eigenvalue weighted by atomic mass is 10.2. The van der Waals surface area contributed by atoms with E-state index in [0.29, 0.717) is 0 Å². The zero-order valence-corrected chi connectivity index (χ0v) is 9.25. The van der Waals surface area contributed by atoms with E-state index in [0.717, 1.165) is 10.2 Å². The van der Waals surface area contributed by atoms with E-state index in [9.17, 15) is 0 Å². The van der Waals surface area contributed by atoms with E-state index >= 15 is 0 Å². The molecule has 1 aromatic rings. The number of thiophene rings is 1. The van der Waals surface area contributed by atoms with Gasteiger partial charge in [-0.1, -0.05) is 0 Å². The van der Waals surface area contributed by atoms with Crippen LogP contribution in [0.5, 0.6) is 5.75 Å². The van der Waals surface area contributed by atoms with Gasteiger partial charge < -0.3 is 4.74 Å². The Balaban J connectivity index is 2.72. The Bertz CT molecular complexity index is 236. The normalized spacial score (nSPS) is 11.6. The number of hydrogen-bond acceptors (Lipinski definition) is 2. The summed E-state index contributed by atoms with van der Waals surface area (Å²) < 4.78 is 6.68. The van der Waals surface area contributed by atoms with Gasteiger partial charge in [-0.3, -0.25) is 0 Å². The van der Waals surface area contributed by atoms with E-state index in [1.54, 1.807) is 11.3 Å². The highest BCUT2D eigenvalue weighted by Gasteiger charge is 2.13. The maximum atomic E-state index is 5.64. The second-order valence-corrected chi connectivity index (χ2v) is 4.90. The van der Waals surface area contributed by atoms with Crippen molar-refractivity contribution >= 4 is 27.3 Å². The van der Waals surface area contributed by atoms with Gasteiger partial charge in [0, 0.05) is 10.8 Å². The molecule has 11 heavy (non-hydrogen) atoms. The summed E-state index contributed by atoms with van der Waals surface area (Å²) in [5, 5.41) is 4.01. The van der Waals surface area contributed by atoms with Crippen molar-refractivity contribution in [2.24, 2.45) is 0 Å². The predicted octanol–water partition coefficient (Wildman–Crippen LogP) is 3.69. The van der Waals surface area contributed by atoms with E-state index in [1.807, 2.05) is 31.5 Å². The van der Waals surface area contributed by atoms with Crippen molar-refractivity contribution in [3.8, 4) is 5.75 Å². The largest absolute Gasteiger partial charge is 0.486 e. The number of rotatable bonds is 1. The molecule has 0 N–H and O–H groups in total. The van der Waals surface area contributed by atoms with Crippen molar-refractivity contribution in [3.63, 3.8) is 0 Å². The van der Waals surface area contributed by atoms with Crippen LogP contribution in [0.4, 0.5) is 0 Å². The molecule has 0 saturated carbocycles. The number of hydrogen-bond donors (Lipinski definition) is 0. The molecule has 0 saturated heterocycles. The van der Waals surface area contributed by atoms with Crippen LogP contribution in [0.1, 0.15) is 20.8 Å². The molecule has 1 rings (SSSR count). The third-order valence-electron chi connectivity index (χ3n) is 0.998. The topological polar surface area (TPSA) is 9.23 Å². The van der Waals surface area contributed by atoms with Gasteiger partial charge in [0.2, 0.25) is 0 Å². The van der Waals surface area contributed by atoms with Crippen molar-refractivity contribution in [1.82, 2.24) is 0 Å². The third-order valence-corrected chi connectivity index (χ3v) is 2.64. The fourth-order valence-electron chi connectivity index (χ4n) is 0.673. The molecule has 0 unspecified atom stereocenters. The first-order valence-electron chi connectivity index (χ1n) is 3.40.